The Morgan fingerprint density at radius 3 is 3.05 bits per heavy atom. The van der Waals surface area contributed by atoms with Crippen molar-refractivity contribution in [2.24, 2.45) is 5.92 Å². The summed E-state index contributed by atoms with van der Waals surface area (Å²) in [6.45, 7) is 2.10. The van der Waals surface area contributed by atoms with Crippen molar-refractivity contribution >= 4 is 17.3 Å². The second-order valence-corrected chi connectivity index (χ2v) is 5.27. The molecule has 2 aliphatic rings. The molecule has 3 N–H and O–H groups in total. The number of carbonyl (C=O) groups excluding carboxylic acids is 1. The molecule has 0 spiro atoms. The van der Waals surface area contributed by atoms with Gasteiger partial charge in [-0.2, -0.15) is 0 Å². The fraction of sp³-hybridized carbons (Fsp3) is 0.500. The molecule has 0 aromatic heterocycles. The second kappa shape index (κ2) is 4.83. The maximum atomic E-state index is 11.8. The summed E-state index contributed by atoms with van der Waals surface area (Å²) in [6.07, 6.45) is 1.03. The van der Waals surface area contributed by atoms with Crippen LogP contribution in [0.5, 0.6) is 0 Å². The largest absolute Gasteiger partial charge is 0.396 e. The van der Waals surface area contributed by atoms with E-state index in [0.29, 0.717) is 5.92 Å². The predicted molar refractivity (Wildman–Crippen MR) is 74.3 cm³/mol. The highest BCUT2D eigenvalue weighted by Gasteiger charge is 2.30. The summed E-state index contributed by atoms with van der Waals surface area (Å²) in [5, 5.41) is 15.1. The topological polar surface area (TPSA) is 64.6 Å². The first kappa shape index (κ1) is 12.4. The zero-order valence-corrected chi connectivity index (χ0v) is 11.0. The van der Waals surface area contributed by atoms with E-state index >= 15 is 0 Å². The second-order valence-electron chi connectivity index (χ2n) is 5.27. The Morgan fingerprint density at radius 2 is 2.37 bits per heavy atom. The molecule has 2 unspecified atom stereocenters. The van der Waals surface area contributed by atoms with E-state index in [0.717, 1.165) is 36.4 Å². The molecular formula is C14H19N3O2. The lowest BCUT2D eigenvalue weighted by Gasteiger charge is -2.19. The minimum atomic E-state index is -0.243. The van der Waals surface area contributed by atoms with E-state index < -0.39 is 0 Å². The number of benzene rings is 1. The third-order valence-corrected chi connectivity index (χ3v) is 4.07. The van der Waals surface area contributed by atoms with Crippen LogP contribution >= 0.6 is 0 Å². The van der Waals surface area contributed by atoms with Crippen LogP contribution in [-0.4, -0.2) is 37.8 Å². The number of aliphatic hydroxyl groups excluding tert-OH is 1. The Balaban J connectivity index is 1.84. The Morgan fingerprint density at radius 1 is 1.53 bits per heavy atom. The quantitative estimate of drug-likeness (QED) is 0.750. The van der Waals surface area contributed by atoms with Crippen molar-refractivity contribution in [1.82, 2.24) is 5.32 Å². The van der Waals surface area contributed by atoms with Crippen LogP contribution in [0.25, 0.3) is 0 Å². The van der Waals surface area contributed by atoms with Crippen LogP contribution in [0, 0.1) is 5.92 Å². The first-order chi connectivity index (χ1) is 9.22. The van der Waals surface area contributed by atoms with Gasteiger partial charge in [0.15, 0.2) is 0 Å². The van der Waals surface area contributed by atoms with Crippen LogP contribution in [0.2, 0.25) is 0 Å². The number of nitrogens with one attached hydrogen (secondary N) is 2. The summed E-state index contributed by atoms with van der Waals surface area (Å²) in [6, 6.07) is 5.86. The maximum absolute atomic E-state index is 11.8. The number of hydrogen-bond donors (Lipinski definition) is 3. The van der Waals surface area contributed by atoms with Crippen molar-refractivity contribution < 1.29 is 9.90 Å². The summed E-state index contributed by atoms with van der Waals surface area (Å²) in [7, 11) is 1.79. The van der Waals surface area contributed by atoms with Crippen molar-refractivity contribution in [3.05, 3.63) is 23.8 Å². The van der Waals surface area contributed by atoms with Gasteiger partial charge in [-0.25, -0.2) is 0 Å². The van der Waals surface area contributed by atoms with Gasteiger partial charge in [0.25, 0.3) is 0 Å². The van der Waals surface area contributed by atoms with Crippen molar-refractivity contribution in [2.75, 3.05) is 37.0 Å². The lowest BCUT2D eigenvalue weighted by molar-refractivity contribution is -0.117. The van der Waals surface area contributed by atoms with Gasteiger partial charge >= 0.3 is 0 Å². The zero-order chi connectivity index (χ0) is 13.4. The van der Waals surface area contributed by atoms with E-state index in [9.17, 15) is 9.90 Å². The fourth-order valence-electron chi connectivity index (χ4n) is 2.95. The van der Waals surface area contributed by atoms with E-state index in [1.807, 2.05) is 12.1 Å². The summed E-state index contributed by atoms with van der Waals surface area (Å²) in [5.41, 5.74) is 3.02. The molecule has 0 bridgehead atoms. The van der Waals surface area contributed by atoms with Gasteiger partial charge in [-0.1, -0.05) is 6.07 Å². The minimum Gasteiger partial charge on any atom is -0.396 e. The fourth-order valence-corrected chi connectivity index (χ4v) is 2.95. The minimum absolute atomic E-state index is 0.00399. The summed E-state index contributed by atoms with van der Waals surface area (Å²) in [5.74, 6) is 0.372. The maximum Gasteiger partial charge on any atom is 0.246 e. The molecule has 1 amide bonds. The molecule has 0 saturated carbocycles. The first-order valence-corrected chi connectivity index (χ1v) is 6.71. The van der Waals surface area contributed by atoms with Crippen LogP contribution in [0.4, 0.5) is 11.4 Å². The molecule has 2 heterocycles. The number of hydrogen-bond acceptors (Lipinski definition) is 4. The Kier molecular flexibility index (Phi) is 3.16. The summed E-state index contributed by atoms with van der Waals surface area (Å²) in [4.78, 5) is 14.0. The Hall–Kier alpha value is -1.59. The van der Waals surface area contributed by atoms with Gasteiger partial charge in [0.05, 0.1) is 0 Å². The number of aliphatic hydroxyl groups is 1. The number of carbonyl (C=O) groups is 1. The van der Waals surface area contributed by atoms with Crippen molar-refractivity contribution in [2.45, 2.75) is 12.5 Å². The molecule has 102 valence electrons. The zero-order valence-electron chi connectivity index (χ0n) is 11.0. The van der Waals surface area contributed by atoms with Gasteiger partial charge < -0.3 is 20.6 Å². The SMILES string of the molecule is CNC1C(=O)Nc2cc(N3CCC(CO)C3)ccc21. The molecule has 1 fully saturated rings. The van der Waals surface area contributed by atoms with Crippen LogP contribution in [-0.2, 0) is 4.79 Å². The van der Waals surface area contributed by atoms with Gasteiger partial charge in [-0.15, -0.1) is 0 Å². The number of fused-ring (bicyclic) bond motifs is 1. The van der Waals surface area contributed by atoms with E-state index in [-0.39, 0.29) is 18.6 Å². The summed E-state index contributed by atoms with van der Waals surface area (Å²) >= 11 is 0. The summed E-state index contributed by atoms with van der Waals surface area (Å²) < 4.78 is 0. The van der Waals surface area contributed by atoms with Crippen molar-refractivity contribution in [1.29, 1.82) is 0 Å². The molecule has 0 aliphatic carbocycles. The highest BCUT2D eigenvalue weighted by Crippen LogP contribution is 2.35. The molecule has 1 aromatic rings. The lowest BCUT2D eigenvalue weighted by atomic mass is 10.1. The molecule has 2 atom stereocenters. The smallest absolute Gasteiger partial charge is 0.246 e. The molecule has 5 nitrogen and oxygen atoms in total. The molecule has 19 heavy (non-hydrogen) atoms. The molecule has 0 radical (unpaired) electrons. The van der Waals surface area contributed by atoms with Gasteiger partial charge in [0.2, 0.25) is 5.91 Å². The van der Waals surface area contributed by atoms with Crippen molar-refractivity contribution in [3.63, 3.8) is 0 Å². The lowest BCUT2D eigenvalue weighted by Crippen LogP contribution is -2.23. The van der Waals surface area contributed by atoms with E-state index in [2.05, 4.69) is 21.6 Å². The average molecular weight is 261 g/mol. The van der Waals surface area contributed by atoms with E-state index in [1.165, 1.54) is 0 Å². The molecule has 1 aromatic carbocycles. The molecule has 3 rings (SSSR count). The molecule has 5 heteroatoms. The standard InChI is InChI=1S/C14H19N3O2/c1-15-13-11-3-2-10(6-12(11)16-14(13)19)17-5-4-9(7-17)8-18/h2-3,6,9,13,15,18H,4-5,7-8H2,1H3,(H,16,19). The van der Waals surface area contributed by atoms with Crippen LogP contribution in [0.1, 0.15) is 18.0 Å². The van der Waals surface area contributed by atoms with Crippen LogP contribution in [0.3, 0.4) is 0 Å². The average Bonchev–Trinajstić information content (AvgIpc) is 3.00. The van der Waals surface area contributed by atoms with Crippen molar-refractivity contribution in [3.8, 4) is 0 Å². The molecular weight excluding hydrogens is 242 g/mol. The van der Waals surface area contributed by atoms with E-state index in [4.69, 9.17) is 0 Å². The number of amides is 1. The number of likely N-dealkylation sites (N-methyl/N-ethyl adjacent to an activating group) is 1. The van der Waals surface area contributed by atoms with Gasteiger partial charge in [0.1, 0.15) is 6.04 Å². The molecule has 1 saturated heterocycles. The monoisotopic (exact) mass is 261 g/mol. The number of anilines is 2. The van der Waals surface area contributed by atoms with Gasteiger partial charge in [0, 0.05) is 42.6 Å². The van der Waals surface area contributed by atoms with Gasteiger partial charge in [-0.3, -0.25) is 4.79 Å². The third-order valence-electron chi connectivity index (χ3n) is 4.07. The first-order valence-electron chi connectivity index (χ1n) is 6.71. The third kappa shape index (κ3) is 2.09. The Labute approximate surface area is 112 Å². The number of nitrogens with zero attached hydrogens (tertiary/aromatic N) is 1. The van der Waals surface area contributed by atoms with Crippen LogP contribution in [0.15, 0.2) is 18.2 Å². The van der Waals surface area contributed by atoms with E-state index in [1.54, 1.807) is 7.05 Å². The highest BCUT2D eigenvalue weighted by atomic mass is 16.3. The Bertz CT molecular complexity index is 503. The van der Waals surface area contributed by atoms with Gasteiger partial charge in [-0.05, 0) is 25.6 Å². The highest BCUT2D eigenvalue weighted by molar-refractivity contribution is 6.03. The van der Waals surface area contributed by atoms with Crippen LogP contribution < -0.4 is 15.5 Å². The number of rotatable bonds is 3. The predicted octanol–water partition coefficient (Wildman–Crippen LogP) is 0.718. The molecule has 2 aliphatic heterocycles. The normalized spacial score (nSPS) is 25.6.